The second-order valence-corrected chi connectivity index (χ2v) is 6.20. The van der Waals surface area contributed by atoms with E-state index in [1.807, 2.05) is 20.2 Å². The second kappa shape index (κ2) is 8.20. The summed E-state index contributed by atoms with van der Waals surface area (Å²) in [6, 6.07) is 10.6. The first-order chi connectivity index (χ1) is 8.18. The Kier molecular flexibility index (Phi) is 7.77. The largest absolute Gasteiger partial charge is 0.326 e. The third-order valence-electron chi connectivity index (χ3n) is 1.94. The predicted molar refractivity (Wildman–Crippen MR) is 75.7 cm³/mol. The van der Waals surface area contributed by atoms with E-state index >= 15 is 0 Å². The average molecular weight is 273 g/mol. The number of hydrogen-bond donors (Lipinski definition) is 2. The summed E-state index contributed by atoms with van der Waals surface area (Å²) in [5, 5.41) is 4.33. The van der Waals surface area contributed by atoms with Crippen molar-refractivity contribution in [2.24, 2.45) is 10.9 Å². The van der Waals surface area contributed by atoms with Gasteiger partial charge in [0.05, 0.1) is 6.26 Å². The lowest BCUT2D eigenvalue weighted by Crippen LogP contribution is -2.34. The number of sulfonamides is 1. The Bertz CT molecular complexity index is 410. The molecule has 0 spiro atoms. The van der Waals surface area contributed by atoms with Crippen LogP contribution < -0.4 is 10.9 Å². The maximum Gasteiger partial charge on any atom is 0.206 e. The first kappa shape index (κ1) is 17.1. The van der Waals surface area contributed by atoms with Crippen molar-refractivity contribution in [2.45, 2.75) is 12.5 Å². The molecule has 1 aromatic rings. The van der Waals surface area contributed by atoms with Gasteiger partial charge in [-0.3, -0.25) is 0 Å². The van der Waals surface area contributed by atoms with Gasteiger partial charge in [-0.2, -0.15) is 0 Å². The van der Waals surface area contributed by atoms with E-state index in [0.717, 1.165) is 19.2 Å². The molecule has 0 aliphatic rings. The van der Waals surface area contributed by atoms with Gasteiger partial charge in [0.1, 0.15) is 0 Å². The Morgan fingerprint density at radius 3 is 2.06 bits per heavy atom. The molecular weight excluding hydrogens is 250 g/mol. The highest BCUT2D eigenvalue weighted by Gasteiger charge is 2.04. The van der Waals surface area contributed by atoms with Gasteiger partial charge in [0.2, 0.25) is 10.0 Å². The van der Waals surface area contributed by atoms with Gasteiger partial charge in [0.25, 0.3) is 0 Å². The van der Waals surface area contributed by atoms with E-state index in [-0.39, 0.29) is 6.04 Å². The van der Waals surface area contributed by atoms with Crippen LogP contribution in [-0.4, -0.2) is 46.3 Å². The molecule has 1 unspecified atom stereocenters. The maximum absolute atomic E-state index is 9.41. The molecule has 5 nitrogen and oxygen atoms in total. The molecule has 0 amide bonds. The van der Waals surface area contributed by atoms with Gasteiger partial charge in [-0.05, 0) is 26.1 Å². The van der Waals surface area contributed by atoms with Crippen molar-refractivity contribution >= 4 is 10.0 Å². The molecule has 1 rings (SSSR count). The molecule has 18 heavy (non-hydrogen) atoms. The van der Waals surface area contributed by atoms with Crippen LogP contribution in [0.4, 0.5) is 0 Å². The fourth-order valence-corrected chi connectivity index (χ4v) is 1.45. The summed E-state index contributed by atoms with van der Waals surface area (Å²) < 4.78 is 18.8. The molecule has 0 aliphatic heterocycles. The maximum atomic E-state index is 9.41. The number of rotatable bonds is 4. The molecule has 104 valence electrons. The lowest BCUT2D eigenvalue weighted by molar-refractivity contribution is 0.371. The van der Waals surface area contributed by atoms with E-state index in [9.17, 15) is 8.42 Å². The fraction of sp³-hybridized carbons (Fsp3) is 0.500. The van der Waals surface area contributed by atoms with Crippen molar-refractivity contribution in [3.05, 3.63) is 35.9 Å². The molecule has 6 heteroatoms. The van der Waals surface area contributed by atoms with Crippen molar-refractivity contribution in [1.82, 2.24) is 4.90 Å². The van der Waals surface area contributed by atoms with Crippen LogP contribution in [0, 0.1) is 0 Å². The molecule has 0 bridgehead atoms. The van der Waals surface area contributed by atoms with Gasteiger partial charge >= 0.3 is 0 Å². The van der Waals surface area contributed by atoms with Crippen LogP contribution in [0.1, 0.15) is 5.56 Å². The van der Waals surface area contributed by atoms with Crippen molar-refractivity contribution in [1.29, 1.82) is 0 Å². The summed E-state index contributed by atoms with van der Waals surface area (Å²) in [6.07, 6.45) is 1.89. The zero-order valence-electron chi connectivity index (χ0n) is 11.2. The highest BCUT2D eigenvalue weighted by Crippen LogP contribution is 2.01. The highest BCUT2D eigenvalue weighted by atomic mass is 32.2. The van der Waals surface area contributed by atoms with Gasteiger partial charge in [-0.15, -0.1) is 0 Å². The first-order valence-electron chi connectivity index (χ1n) is 5.60. The van der Waals surface area contributed by atoms with Gasteiger partial charge in [-0.25, -0.2) is 13.6 Å². The Balaban J connectivity index is 0.000000494. The summed E-state index contributed by atoms with van der Waals surface area (Å²) in [4.78, 5) is 2.12. The van der Waals surface area contributed by atoms with E-state index in [2.05, 4.69) is 34.3 Å². The van der Waals surface area contributed by atoms with Gasteiger partial charge < -0.3 is 10.6 Å². The fourth-order valence-electron chi connectivity index (χ4n) is 1.45. The molecule has 0 aliphatic carbocycles. The van der Waals surface area contributed by atoms with Crippen molar-refractivity contribution in [3.63, 3.8) is 0 Å². The molecule has 1 atom stereocenters. The van der Waals surface area contributed by atoms with E-state index < -0.39 is 10.0 Å². The number of primary sulfonamides is 1. The van der Waals surface area contributed by atoms with Crippen molar-refractivity contribution in [3.8, 4) is 0 Å². The van der Waals surface area contributed by atoms with Crippen LogP contribution in [0.15, 0.2) is 30.3 Å². The highest BCUT2D eigenvalue weighted by molar-refractivity contribution is 7.88. The molecular formula is C12H23N3O2S. The molecule has 0 fully saturated rings. The van der Waals surface area contributed by atoms with E-state index in [1.165, 1.54) is 5.56 Å². The standard InChI is InChI=1S/C11H18N2.CH5NO2S/c1-13(2)9-11(12)8-10-6-4-3-5-7-10;1-5(2,3)4/h3-7,11H,8-9,12H2,1-2H3;1H3,(H2,2,3,4). The smallest absolute Gasteiger partial charge is 0.206 e. The average Bonchev–Trinajstić information content (AvgIpc) is 2.14. The zero-order valence-corrected chi connectivity index (χ0v) is 12.0. The van der Waals surface area contributed by atoms with Crippen LogP contribution in [0.5, 0.6) is 0 Å². The third kappa shape index (κ3) is 13.1. The topological polar surface area (TPSA) is 89.4 Å². The van der Waals surface area contributed by atoms with Gasteiger partial charge in [-0.1, -0.05) is 30.3 Å². The second-order valence-electron chi connectivity index (χ2n) is 4.54. The van der Waals surface area contributed by atoms with Crippen LogP contribution >= 0.6 is 0 Å². The van der Waals surface area contributed by atoms with Gasteiger partial charge in [0.15, 0.2) is 0 Å². The quantitative estimate of drug-likeness (QED) is 0.809. The Morgan fingerprint density at radius 1 is 1.22 bits per heavy atom. The zero-order chi connectivity index (χ0) is 14.2. The van der Waals surface area contributed by atoms with Crippen molar-refractivity contribution in [2.75, 3.05) is 26.9 Å². The minimum atomic E-state index is -3.17. The molecule has 0 saturated carbocycles. The number of hydrogen-bond acceptors (Lipinski definition) is 4. The van der Waals surface area contributed by atoms with E-state index in [4.69, 9.17) is 5.73 Å². The third-order valence-corrected chi connectivity index (χ3v) is 1.94. The van der Waals surface area contributed by atoms with Crippen LogP contribution in [-0.2, 0) is 16.4 Å². The molecule has 0 radical (unpaired) electrons. The summed E-state index contributed by atoms with van der Waals surface area (Å²) in [7, 11) is 0.926. The van der Waals surface area contributed by atoms with Crippen molar-refractivity contribution < 1.29 is 8.42 Å². The summed E-state index contributed by atoms with van der Waals surface area (Å²) in [5.41, 5.74) is 7.28. The van der Waals surface area contributed by atoms with E-state index in [1.54, 1.807) is 0 Å². The minimum absolute atomic E-state index is 0.234. The van der Waals surface area contributed by atoms with Crippen LogP contribution in [0.2, 0.25) is 0 Å². The molecule has 0 heterocycles. The molecule has 1 aromatic carbocycles. The Labute approximate surface area is 110 Å². The lowest BCUT2D eigenvalue weighted by atomic mass is 10.1. The lowest BCUT2D eigenvalue weighted by Gasteiger charge is -2.16. The summed E-state index contributed by atoms with van der Waals surface area (Å²) in [5.74, 6) is 0. The van der Waals surface area contributed by atoms with Crippen LogP contribution in [0.25, 0.3) is 0 Å². The number of benzene rings is 1. The van der Waals surface area contributed by atoms with E-state index in [0.29, 0.717) is 0 Å². The molecule has 4 N–H and O–H groups in total. The number of nitrogens with two attached hydrogens (primary N) is 2. The minimum Gasteiger partial charge on any atom is -0.326 e. The Morgan fingerprint density at radius 2 is 1.67 bits per heavy atom. The predicted octanol–water partition coefficient (Wildman–Crippen LogP) is 0.0227. The molecule has 0 saturated heterocycles. The van der Waals surface area contributed by atoms with Gasteiger partial charge in [0, 0.05) is 12.6 Å². The summed E-state index contributed by atoms with van der Waals surface area (Å²) in [6.45, 7) is 0.939. The first-order valence-corrected chi connectivity index (χ1v) is 7.56. The van der Waals surface area contributed by atoms with Crippen LogP contribution in [0.3, 0.4) is 0 Å². The number of nitrogens with zero attached hydrogens (tertiary/aromatic N) is 1. The monoisotopic (exact) mass is 273 g/mol. The number of likely N-dealkylation sites (N-methyl/N-ethyl adjacent to an activating group) is 1. The SMILES string of the molecule is CN(C)CC(N)Cc1ccccc1.CS(N)(=O)=O. The normalized spacial score (nSPS) is 12.8. The molecule has 0 aromatic heterocycles. The summed E-state index contributed by atoms with van der Waals surface area (Å²) >= 11 is 0. The Hall–Kier alpha value is -0.950.